The molecule has 0 bridgehead atoms. The Morgan fingerprint density at radius 3 is 2.09 bits per heavy atom. The first-order valence-electron chi connectivity index (χ1n) is 10.2. The molecule has 1 fully saturated rings. The summed E-state index contributed by atoms with van der Waals surface area (Å²) in [5, 5.41) is 2.62. The van der Waals surface area contributed by atoms with Crippen molar-refractivity contribution in [1.82, 2.24) is 9.80 Å². The van der Waals surface area contributed by atoms with E-state index in [9.17, 15) is 26.8 Å². The molecule has 0 spiro atoms. The molecular formula is C22H25F2N3O4S. The molecule has 0 radical (unpaired) electrons. The summed E-state index contributed by atoms with van der Waals surface area (Å²) in [6.07, 6.45) is 0.911. The molecule has 32 heavy (non-hydrogen) atoms. The highest BCUT2D eigenvalue weighted by atomic mass is 32.2. The van der Waals surface area contributed by atoms with E-state index in [1.807, 2.05) is 29.2 Å². The number of halogens is 2. The molecule has 2 amide bonds. The quantitative estimate of drug-likeness (QED) is 0.680. The zero-order chi connectivity index (χ0) is 23.3. The summed E-state index contributed by atoms with van der Waals surface area (Å²) in [5.74, 6) is -3.84. The van der Waals surface area contributed by atoms with Crippen LogP contribution in [0.5, 0.6) is 0 Å². The number of sulfone groups is 1. The van der Waals surface area contributed by atoms with Crippen LogP contribution in [-0.2, 0) is 21.1 Å². The second-order valence-electron chi connectivity index (χ2n) is 7.50. The van der Waals surface area contributed by atoms with E-state index in [2.05, 4.69) is 12.2 Å². The van der Waals surface area contributed by atoms with Gasteiger partial charge in [0, 0.05) is 37.4 Å². The van der Waals surface area contributed by atoms with Gasteiger partial charge in [-0.15, -0.1) is 0 Å². The van der Waals surface area contributed by atoms with Crippen molar-refractivity contribution in [1.29, 1.82) is 0 Å². The third-order valence-corrected chi connectivity index (χ3v) is 6.74. The number of rotatable bonds is 7. The predicted octanol–water partition coefficient (Wildman–Crippen LogP) is 2.64. The maximum absolute atomic E-state index is 12.6. The van der Waals surface area contributed by atoms with Crippen LogP contribution in [0.1, 0.15) is 22.8 Å². The van der Waals surface area contributed by atoms with E-state index < -0.39 is 20.5 Å². The molecule has 0 aliphatic carbocycles. The second-order valence-corrected chi connectivity index (χ2v) is 9.41. The van der Waals surface area contributed by atoms with Crippen molar-refractivity contribution in [2.24, 2.45) is 0 Å². The smallest absolute Gasteiger partial charge is 0.336 e. The van der Waals surface area contributed by atoms with Crippen LogP contribution in [0.25, 0.3) is 0 Å². The fourth-order valence-corrected chi connectivity index (χ4v) is 4.13. The summed E-state index contributed by atoms with van der Waals surface area (Å²) in [5.41, 5.74) is 2.13. The average Bonchev–Trinajstić information content (AvgIpc) is 2.79. The number of piperazine rings is 1. The van der Waals surface area contributed by atoms with Gasteiger partial charge in [0.1, 0.15) is 0 Å². The van der Waals surface area contributed by atoms with Gasteiger partial charge in [0.2, 0.25) is 15.7 Å². The summed E-state index contributed by atoms with van der Waals surface area (Å²) in [6.45, 7) is 4.24. The molecule has 2 aromatic rings. The highest BCUT2D eigenvalue weighted by molar-refractivity contribution is 7.91. The summed E-state index contributed by atoms with van der Waals surface area (Å²) in [6, 6.07) is 12.2. The number of carbonyl (C=O) groups is 2. The Hall–Kier alpha value is -2.85. The third kappa shape index (κ3) is 5.68. The lowest BCUT2D eigenvalue weighted by Gasteiger charge is -2.34. The van der Waals surface area contributed by atoms with Crippen LogP contribution in [0, 0.1) is 0 Å². The van der Waals surface area contributed by atoms with Crippen LogP contribution in [-0.4, -0.2) is 68.5 Å². The van der Waals surface area contributed by atoms with E-state index in [0.717, 1.165) is 18.6 Å². The van der Waals surface area contributed by atoms with Crippen molar-refractivity contribution in [3.8, 4) is 0 Å². The van der Waals surface area contributed by atoms with Gasteiger partial charge < -0.3 is 10.2 Å². The highest BCUT2D eigenvalue weighted by Gasteiger charge is 2.26. The number of carbonyl (C=O) groups excluding carboxylic acids is 2. The van der Waals surface area contributed by atoms with Crippen molar-refractivity contribution in [2.45, 2.75) is 24.0 Å². The summed E-state index contributed by atoms with van der Waals surface area (Å²) in [4.78, 5) is 28.1. The number of amides is 2. The van der Waals surface area contributed by atoms with Crippen LogP contribution in [0.2, 0.25) is 0 Å². The van der Waals surface area contributed by atoms with Crippen molar-refractivity contribution >= 4 is 27.3 Å². The molecule has 10 heteroatoms. The second kappa shape index (κ2) is 10.2. The molecule has 7 nitrogen and oxygen atoms in total. The van der Waals surface area contributed by atoms with E-state index in [4.69, 9.17) is 0 Å². The van der Waals surface area contributed by atoms with Gasteiger partial charge in [-0.05, 0) is 48.4 Å². The Morgan fingerprint density at radius 2 is 1.56 bits per heavy atom. The van der Waals surface area contributed by atoms with Gasteiger partial charge in [-0.1, -0.05) is 19.1 Å². The molecule has 0 saturated carbocycles. The lowest BCUT2D eigenvalue weighted by molar-refractivity contribution is -0.117. The van der Waals surface area contributed by atoms with Crippen LogP contribution < -0.4 is 5.32 Å². The Bertz CT molecular complexity index is 1050. The maximum Gasteiger partial charge on any atom is 0.341 e. The third-order valence-electron chi connectivity index (χ3n) is 5.34. The average molecular weight is 466 g/mol. The first-order valence-corrected chi connectivity index (χ1v) is 11.8. The Labute approximate surface area is 185 Å². The summed E-state index contributed by atoms with van der Waals surface area (Å²) >= 11 is 0. The number of benzene rings is 2. The molecule has 172 valence electrons. The van der Waals surface area contributed by atoms with Gasteiger partial charge in [0.05, 0.1) is 11.4 Å². The number of hydrogen-bond donors (Lipinski definition) is 1. The summed E-state index contributed by atoms with van der Waals surface area (Å²) < 4.78 is 48.1. The molecule has 0 aromatic heterocycles. The van der Waals surface area contributed by atoms with Crippen LogP contribution >= 0.6 is 0 Å². The van der Waals surface area contributed by atoms with E-state index in [-0.39, 0.29) is 18.4 Å². The van der Waals surface area contributed by atoms with Crippen LogP contribution in [0.15, 0.2) is 53.4 Å². The lowest BCUT2D eigenvalue weighted by Crippen LogP contribution is -2.50. The highest BCUT2D eigenvalue weighted by Crippen LogP contribution is 2.20. The van der Waals surface area contributed by atoms with Gasteiger partial charge in [0.15, 0.2) is 0 Å². The fraction of sp³-hybridized carbons (Fsp3) is 0.364. The first-order chi connectivity index (χ1) is 15.2. The van der Waals surface area contributed by atoms with E-state index >= 15 is 0 Å². The largest absolute Gasteiger partial charge is 0.341 e. The van der Waals surface area contributed by atoms with Gasteiger partial charge >= 0.3 is 5.76 Å². The first kappa shape index (κ1) is 23.8. The summed E-state index contributed by atoms with van der Waals surface area (Å²) in [7, 11) is -4.67. The molecular weight excluding hydrogens is 440 g/mol. The number of aryl methyl sites for hydroxylation is 1. The number of anilines is 1. The Morgan fingerprint density at radius 1 is 0.969 bits per heavy atom. The number of nitrogens with one attached hydrogen (secondary N) is 1. The standard InChI is InChI=1S/C22H25F2N3O4S/c1-2-16-3-5-17(6-4-16)21(29)27-13-11-26(12-14-27)15-20(28)25-18-7-9-19(10-8-18)32(30,31)22(23)24/h3-10,22H,2,11-15H2,1H3,(H,25,28). The molecule has 1 aliphatic heterocycles. The molecule has 0 unspecified atom stereocenters. The molecule has 3 rings (SSSR count). The lowest BCUT2D eigenvalue weighted by atomic mass is 10.1. The van der Waals surface area contributed by atoms with Crippen LogP contribution in [0.3, 0.4) is 0 Å². The van der Waals surface area contributed by atoms with Crippen molar-refractivity contribution < 1.29 is 26.8 Å². The normalized spacial score (nSPS) is 15.1. The maximum atomic E-state index is 12.6. The number of nitrogens with zero attached hydrogens (tertiary/aromatic N) is 2. The van der Waals surface area contributed by atoms with Crippen molar-refractivity contribution in [3.05, 3.63) is 59.7 Å². The zero-order valence-electron chi connectivity index (χ0n) is 17.6. The Kier molecular flexibility index (Phi) is 7.57. The monoisotopic (exact) mass is 465 g/mol. The van der Waals surface area contributed by atoms with Crippen LogP contribution in [0.4, 0.5) is 14.5 Å². The van der Waals surface area contributed by atoms with E-state index in [1.54, 1.807) is 4.90 Å². The van der Waals surface area contributed by atoms with E-state index in [0.29, 0.717) is 37.4 Å². The topological polar surface area (TPSA) is 86.8 Å². The molecule has 1 aliphatic rings. The van der Waals surface area contributed by atoms with Gasteiger partial charge in [-0.2, -0.15) is 8.78 Å². The van der Waals surface area contributed by atoms with Crippen molar-refractivity contribution in [3.63, 3.8) is 0 Å². The molecule has 1 saturated heterocycles. The SMILES string of the molecule is CCc1ccc(C(=O)N2CCN(CC(=O)Nc3ccc(S(=O)(=O)C(F)F)cc3)CC2)cc1. The molecule has 0 atom stereocenters. The van der Waals surface area contributed by atoms with Crippen molar-refractivity contribution in [2.75, 3.05) is 38.0 Å². The van der Waals surface area contributed by atoms with E-state index in [1.165, 1.54) is 17.7 Å². The minimum Gasteiger partial charge on any atom is -0.336 e. The molecule has 1 heterocycles. The minimum absolute atomic E-state index is 0.0319. The predicted molar refractivity (Wildman–Crippen MR) is 116 cm³/mol. The number of alkyl halides is 2. The molecule has 1 N–H and O–H groups in total. The van der Waals surface area contributed by atoms with Gasteiger partial charge in [-0.3, -0.25) is 14.5 Å². The number of hydrogen-bond acceptors (Lipinski definition) is 5. The van der Waals surface area contributed by atoms with Gasteiger partial charge in [-0.25, -0.2) is 8.42 Å². The minimum atomic E-state index is -4.67. The fourth-order valence-electron chi connectivity index (χ4n) is 3.41. The Balaban J connectivity index is 1.48. The zero-order valence-corrected chi connectivity index (χ0v) is 18.4. The molecule has 2 aromatic carbocycles. The van der Waals surface area contributed by atoms with Gasteiger partial charge in [0.25, 0.3) is 5.91 Å².